The number of hydrogen-bond acceptors (Lipinski definition) is 2. The monoisotopic (exact) mass is 311 g/mol. The summed E-state index contributed by atoms with van der Waals surface area (Å²) in [5.74, 6) is -0.477. The molecule has 8 heteroatoms. The summed E-state index contributed by atoms with van der Waals surface area (Å²) in [5, 5.41) is 0.651. The van der Waals surface area contributed by atoms with E-state index in [0.29, 0.717) is 11.8 Å². The van der Waals surface area contributed by atoms with Gasteiger partial charge in [-0.05, 0) is 12.8 Å². The second-order valence-corrected chi connectivity index (χ2v) is 5.69. The van der Waals surface area contributed by atoms with E-state index in [4.69, 9.17) is 0 Å². The first-order valence-corrected chi connectivity index (χ1v) is 7.14. The van der Waals surface area contributed by atoms with Crippen LogP contribution in [0.1, 0.15) is 19.3 Å². The van der Waals surface area contributed by atoms with Crippen LogP contribution in [0.2, 0.25) is 0 Å². The van der Waals surface area contributed by atoms with Gasteiger partial charge in [0.05, 0.1) is 5.75 Å². The van der Waals surface area contributed by atoms with E-state index in [1.165, 1.54) is 0 Å². The molecule has 0 fully saturated rings. The van der Waals surface area contributed by atoms with Gasteiger partial charge >= 0.3 is 6.18 Å². The van der Waals surface area contributed by atoms with Crippen LogP contribution in [0.15, 0.2) is 0 Å². The zero-order chi connectivity index (χ0) is 11.9. The van der Waals surface area contributed by atoms with Gasteiger partial charge in [-0.2, -0.15) is 13.2 Å². The van der Waals surface area contributed by atoms with Crippen LogP contribution >= 0.6 is 15.9 Å². The zero-order valence-electron chi connectivity index (χ0n) is 7.98. The molecule has 0 unspecified atom stereocenters. The second kappa shape index (κ2) is 6.70. The van der Waals surface area contributed by atoms with Crippen molar-refractivity contribution in [1.29, 1.82) is 0 Å². The third kappa shape index (κ3) is 10.5. The van der Waals surface area contributed by atoms with Crippen molar-refractivity contribution in [1.82, 2.24) is 4.72 Å². The summed E-state index contributed by atoms with van der Waals surface area (Å²) < 4.78 is 59.6. The molecule has 0 bridgehead atoms. The molecule has 92 valence electrons. The first-order valence-electron chi connectivity index (χ1n) is 4.37. The van der Waals surface area contributed by atoms with Gasteiger partial charge in [-0.1, -0.05) is 15.9 Å². The van der Waals surface area contributed by atoms with Crippen LogP contribution in [0.5, 0.6) is 0 Å². The highest BCUT2D eigenvalue weighted by Gasteiger charge is 2.27. The summed E-state index contributed by atoms with van der Waals surface area (Å²) in [4.78, 5) is 0. The molecule has 0 aromatic carbocycles. The van der Waals surface area contributed by atoms with E-state index < -0.39 is 34.8 Å². The predicted molar refractivity (Wildman–Crippen MR) is 55.5 cm³/mol. The normalized spacial score (nSPS) is 13.1. The Morgan fingerprint density at radius 1 is 1.20 bits per heavy atom. The number of nitrogens with one attached hydrogen (secondary N) is 1. The molecule has 0 amide bonds. The molecule has 1 N–H and O–H groups in total. The minimum absolute atomic E-state index is 0.250. The number of halogens is 4. The van der Waals surface area contributed by atoms with E-state index >= 15 is 0 Å². The predicted octanol–water partition coefficient (Wildman–Crippen LogP) is 2.03. The van der Waals surface area contributed by atoms with Crippen molar-refractivity contribution in [3.05, 3.63) is 0 Å². The maximum Gasteiger partial charge on any atom is 0.389 e. The lowest BCUT2D eigenvalue weighted by Crippen LogP contribution is -2.28. The van der Waals surface area contributed by atoms with E-state index in [1.807, 2.05) is 0 Å². The lowest BCUT2D eigenvalue weighted by atomic mass is 10.3. The summed E-state index contributed by atoms with van der Waals surface area (Å²) >= 11 is 3.11. The van der Waals surface area contributed by atoms with Gasteiger partial charge in [0.25, 0.3) is 0 Å². The van der Waals surface area contributed by atoms with Gasteiger partial charge in [-0.15, -0.1) is 0 Å². The van der Waals surface area contributed by atoms with E-state index in [9.17, 15) is 21.6 Å². The Balaban J connectivity index is 3.75. The van der Waals surface area contributed by atoms with Crippen molar-refractivity contribution < 1.29 is 21.6 Å². The Morgan fingerprint density at radius 3 is 2.27 bits per heavy atom. The van der Waals surface area contributed by atoms with Crippen LogP contribution in [-0.2, 0) is 10.0 Å². The molecular weight excluding hydrogens is 299 g/mol. The van der Waals surface area contributed by atoms with E-state index in [2.05, 4.69) is 20.7 Å². The zero-order valence-corrected chi connectivity index (χ0v) is 10.4. The standard InChI is InChI=1S/C7H13BrF3NO2S/c8-4-2-5-12-15(13,14)6-1-3-7(9,10)11/h12H,1-6H2. The Labute approximate surface area is 95.6 Å². The van der Waals surface area contributed by atoms with Crippen molar-refractivity contribution in [2.45, 2.75) is 25.4 Å². The lowest BCUT2D eigenvalue weighted by Gasteiger charge is -2.07. The van der Waals surface area contributed by atoms with Crippen molar-refractivity contribution in [2.75, 3.05) is 17.6 Å². The Morgan fingerprint density at radius 2 is 1.80 bits per heavy atom. The fourth-order valence-electron chi connectivity index (χ4n) is 0.829. The quantitative estimate of drug-likeness (QED) is 0.577. The molecular formula is C7H13BrF3NO2S. The molecule has 0 aliphatic heterocycles. The molecule has 0 spiro atoms. The second-order valence-electron chi connectivity index (χ2n) is 2.97. The maximum atomic E-state index is 11.7. The molecule has 0 aromatic heterocycles. The van der Waals surface area contributed by atoms with E-state index in [-0.39, 0.29) is 6.54 Å². The molecule has 15 heavy (non-hydrogen) atoms. The number of alkyl halides is 4. The fraction of sp³-hybridized carbons (Fsp3) is 1.00. The number of rotatable bonds is 7. The summed E-state index contributed by atoms with van der Waals surface area (Å²) in [7, 11) is -3.55. The van der Waals surface area contributed by atoms with Gasteiger partial charge in [0.2, 0.25) is 10.0 Å². The fourth-order valence-corrected chi connectivity index (χ4v) is 2.23. The highest BCUT2D eigenvalue weighted by Crippen LogP contribution is 2.21. The van der Waals surface area contributed by atoms with Crippen molar-refractivity contribution in [3.8, 4) is 0 Å². The van der Waals surface area contributed by atoms with Crippen LogP contribution in [0, 0.1) is 0 Å². The minimum atomic E-state index is -4.29. The Kier molecular flexibility index (Phi) is 6.78. The minimum Gasteiger partial charge on any atom is -0.215 e. The first kappa shape index (κ1) is 15.2. The SMILES string of the molecule is O=S(=O)(CCCC(F)(F)F)NCCCBr. The van der Waals surface area contributed by atoms with Crippen LogP contribution < -0.4 is 4.72 Å². The average molecular weight is 312 g/mol. The summed E-state index contributed by atoms with van der Waals surface area (Å²) in [6.07, 6.45) is -5.14. The Hall–Kier alpha value is 0.180. The first-order chi connectivity index (χ1) is 6.77. The van der Waals surface area contributed by atoms with Crippen LogP contribution in [-0.4, -0.2) is 32.2 Å². The van der Waals surface area contributed by atoms with Gasteiger partial charge in [0, 0.05) is 18.3 Å². The van der Waals surface area contributed by atoms with Crippen molar-refractivity contribution >= 4 is 26.0 Å². The molecule has 0 saturated heterocycles. The summed E-state index contributed by atoms with van der Waals surface area (Å²) in [6, 6.07) is 0. The van der Waals surface area contributed by atoms with E-state index in [1.54, 1.807) is 0 Å². The summed E-state index contributed by atoms with van der Waals surface area (Å²) in [6.45, 7) is 0.250. The third-order valence-electron chi connectivity index (χ3n) is 1.51. The average Bonchev–Trinajstić information content (AvgIpc) is 2.01. The molecule has 0 radical (unpaired) electrons. The lowest BCUT2D eigenvalue weighted by molar-refractivity contribution is -0.134. The van der Waals surface area contributed by atoms with Crippen molar-refractivity contribution in [3.63, 3.8) is 0 Å². The number of hydrogen-bond donors (Lipinski definition) is 1. The number of sulfonamides is 1. The highest BCUT2D eigenvalue weighted by molar-refractivity contribution is 9.09. The maximum absolute atomic E-state index is 11.7. The van der Waals surface area contributed by atoms with E-state index in [0.717, 1.165) is 0 Å². The highest BCUT2D eigenvalue weighted by atomic mass is 79.9. The molecule has 3 nitrogen and oxygen atoms in total. The van der Waals surface area contributed by atoms with Gasteiger partial charge in [-0.3, -0.25) is 0 Å². The van der Waals surface area contributed by atoms with Gasteiger partial charge in [0.15, 0.2) is 0 Å². The molecule has 0 saturated carbocycles. The van der Waals surface area contributed by atoms with Crippen LogP contribution in [0.25, 0.3) is 0 Å². The summed E-state index contributed by atoms with van der Waals surface area (Å²) in [5.41, 5.74) is 0. The molecule has 0 aromatic rings. The topological polar surface area (TPSA) is 46.2 Å². The van der Waals surface area contributed by atoms with Gasteiger partial charge in [-0.25, -0.2) is 13.1 Å². The van der Waals surface area contributed by atoms with Gasteiger partial charge in [0.1, 0.15) is 0 Å². The Bertz CT molecular complexity index is 266. The third-order valence-corrected chi connectivity index (χ3v) is 3.54. The molecule has 0 rings (SSSR count). The molecule has 0 heterocycles. The van der Waals surface area contributed by atoms with Gasteiger partial charge < -0.3 is 0 Å². The largest absolute Gasteiger partial charge is 0.389 e. The molecule has 0 aliphatic carbocycles. The molecule has 0 atom stereocenters. The van der Waals surface area contributed by atoms with Crippen LogP contribution in [0.4, 0.5) is 13.2 Å². The van der Waals surface area contributed by atoms with Crippen LogP contribution in [0.3, 0.4) is 0 Å². The smallest absolute Gasteiger partial charge is 0.215 e. The molecule has 0 aliphatic rings. The van der Waals surface area contributed by atoms with Crippen molar-refractivity contribution in [2.24, 2.45) is 0 Å².